The molecule has 0 spiro atoms. The molecule has 0 saturated carbocycles. The summed E-state index contributed by atoms with van der Waals surface area (Å²) >= 11 is 0. The average Bonchev–Trinajstić information content (AvgIpc) is 2.47. The molecule has 2 amide bonds. The van der Waals surface area contributed by atoms with E-state index in [4.69, 9.17) is 0 Å². The van der Waals surface area contributed by atoms with Crippen molar-refractivity contribution in [3.05, 3.63) is 70.3 Å². The van der Waals surface area contributed by atoms with Gasteiger partial charge in [0.15, 0.2) is 0 Å². The second-order valence-electron chi connectivity index (χ2n) is 4.10. The number of nitrogens with one attached hydrogen (secondary N) is 2. The molecule has 0 fully saturated rings. The summed E-state index contributed by atoms with van der Waals surface area (Å²) in [5.41, 5.74) is 1.48. The van der Waals surface area contributed by atoms with Gasteiger partial charge in [0.25, 0.3) is 5.69 Å². The van der Waals surface area contributed by atoms with E-state index < -0.39 is 4.92 Å². The Morgan fingerprint density at radius 1 is 1.05 bits per heavy atom. The minimum Gasteiger partial charge on any atom is -0.334 e. The molecule has 6 nitrogen and oxygen atoms in total. The summed E-state index contributed by atoms with van der Waals surface area (Å²) < 4.78 is 0. The van der Waals surface area contributed by atoms with Crippen molar-refractivity contribution < 1.29 is 9.72 Å². The van der Waals surface area contributed by atoms with Gasteiger partial charge in [0.05, 0.1) is 4.92 Å². The van der Waals surface area contributed by atoms with Crippen LogP contribution in [0, 0.1) is 10.1 Å². The number of carbonyl (C=O) groups is 1. The second-order valence-corrected chi connectivity index (χ2v) is 4.10. The molecule has 0 bridgehead atoms. The van der Waals surface area contributed by atoms with Crippen LogP contribution in [0.4, 0.5) is 16.2 Å². The molecule has 102 valence electrons. The van der Waals surface area contributed by atoms with E-state index in [0.29, 0.717) is 12.2 Å². The molecule has 0 aliphatic rings. The van der Waals surface area contributed by atoms with Gasteiger partial charge in [0, 0.05) is 24.4 Å². The molecule has 2 rings (SSSR count). The first-order valence-electron chi connectivity index (χ1n) is 5.98. The fourth-order valence-electron chi connectivity index (χ4n) is 1.62. The van der Waals surface area contributed by atoms with E-state index in [-0.39, 0.29) is 11.7 Å². The lowest BCUT2D eigenvalue weighted by molar-refractivity contribution is -0.384. The van der Waals surface area contributed by atoms with Gasteiger partial charge in [-0.05, 0) is 17.7 Å². The predicted molar refractivity (Wildman–Crippen MR) is 75.4 cm³/mol. The number of rotatable bonds is 4. The number of nitro groups is 1. The van der Waals surface area contributed by atoms with Gasteiger partial charge in [-0.25, -0.2) is 4.79 Å². The van der Waals surface area contributed by atoms with E-state index in [9.17, 15) is 14.9 Å². The van der Waals surface area contributed by atoms with E-state index >= 15 is 0 Å². The first kappa shape index (κ1) is 13.5. The van der Waals surface area contributed by atoms with Gasteiger partial charge in [-0.3, -0.25) is 10.1 Å². The standard InChI is InChI=1S/C14H13N3O3/c18-14(15-10-11-4-2-1-3-5-11)16-12-6-8-13(9-7-12)17(19)20/h1-9H,10H2,(H2,15,16,18). The van der Waals surface area contributed by atoms with Crippen molar-refractivity contribution in [1.29, 1.82) is 0 Å². The van der Waals surface area contributed by atoms with Crippen LogP contribution in [0.2, 0.25) is 0 Å². The van der Waals surface area contributed by atoms with Crippen LogP contribution in [0.1, 0.15) is 5.56 Å². The van der Waals surface area contributed by atoms with Gasteiger partial charge in [0.2, 0.25) is 0 Å². The Hall–Kier alpha value is -2.89. The maximum atomic E-state index is 11.6. The highest BCUT2D eigenvalue weighted by atomic mass is 16.6. The Morgan fingerprint density at radius 2 is 1.70 bits per heavy atom. The first-order valence-corrected chi connectivity index (χ1v) is 5.98. The Morgan fingerprint density at radius 3 is 2.30 bits per heavy atom. The average molecular weight is 271 g/mol. The molecule has 0 radical (unpaired) electrons. The van der Waals surface area contributed by atoms with Gasteiger partial charge in [-0.2, -0.15) is 0 Å². The highest BCUT2D eigenvalue weighted by molar-refractivity contribution is 5.89. The lowest BCUT2D eigenvalue weighted by atomic mass is 10.2. The topological polar surface area (TPSA) is 84.3 Å². The molecule has 20 heavy (non-hydrogen) atoms. The monoisotopic (exact) mass is 271 g/mol. The molecule has 0 atom stereocenters. The SMILES string of the molecule is O=C(NCc1ccccc1)Nc1ccc([N+](=O)[O-])cc1. The molecule has 2 N–H and O–H groups in total. The Labute approximate surface area is 115 Å². The van der Waals surface area contributed by atoms with E-state index in [0.717, 1.165) is 5.56 Å². The van der Waals surface area contributed by atoms with Crippen molar-refractivity contribution in [2.75, 3.05) is 5.32 Å². The van der Waals surface area contributed by atoms with Crippen molar-refractivity contribution in [3.8, 4) is 0 Å². The van der Waals surface area contributed by atoms with Crippen LogP contribution < -0.4 is 10.6 Å². The van der Waals surface area contributed by atoms with Crippen molar-refractivity contribution in [2.45, 2.75) is 6.54 Å². The van der Waals surface area contributed by atoms with Crippen LogP contribution in [-0.4, -0.2) is 11.0 Å². The predicted octanol–water partition coefficient (Wildman–Crippen LogP) is 2.92. The molecule has 2 aromatic rings. The smallest absolute Gasteiger partial charge is 0.319 e. The number of nitro benzene ring substituents is 1. The molecule has 6 heteroatoms. The van der Waals surface area contributed by atoms with Crippen molar-refractivity contribution in [3.63, 3.8) is 0 Å². The van der Waals surface area contributed by atoms with Crippen LogP contribution in [-0.2, 0) is 6.54 Å². The number of nitrogens with zero attached hydrogens (tertiary/aromatic N) is 1. The maximum Gasteiger partial charge on any atom is 0.319 e. The molecule has 0 heterocycles. The Bertz CT molecular complexity index is 597. The van der Waals surface area contributed by atoms with Crippen LogP contribution in [0.25, 0.3) is 0 Å². The summed E-state index contributed by atoms with van der Waals surface area (Å²) in [6, 6.07) is 14.8. The van der Waals surface area contributed by atoms with Crippen LogP contribution in [0.3, 0.4) is 0 Å². The van der Waals surface area contributed by atoms with Gasteiger partial charge < -0.3 is 10.6 Å². The zero-order valence-electron chi connectivity index (χ0n) is 10.6. The number of benzene rings is 2. The highest BCUT2D eigenvalue weighted by Gasteiger charge is 2.05. The van der Waals surface area contributed by atoms with Gasteiger partial charge in [-0.15, -0.1) is 0 Å². The minimum absolute atomic E-state index is 0.0137. The molecular formula is C14H13N3O3. The Kier molecular flexibility index (Phi) is 4.28. The molecule has 0 saturated heterocycles. The third-order valence-corrected chi connectivity index (χ3v) is 2.63. The zero-order chi connectivity index (χ0) is 14.4. The molecule has 0 aliphatic carbocycles. The normalized spacial score (nSPS) is 9.80. The van der Waals surface area contributed by atoms with Crippen LogP contribution in [0.5, 0.6) is 0 Å². The summed E-state index contributed by atoms with van der Waals surface area (Å²) in [4.78, 5) is 21.7. The number of anilines is 1. The van der Waals surface area contributed by atoms with E-state index in [2.05, 4.69) is 10.6 Å². The summed E-state index contributed by atoms with van der Waals surface area (Å²) in [6.45, 7) is 0.416. The van der Waals surface area contributed by atoms with Crippen LogP contribution in [0.15, 0.2) is 54.6 Å². The number of urea groups is 1. The van der Waals surface area contributed by atoms with E-state index in [1.807, 2.05) is 30.3 Å². The molecule has 0 aliphatic heterocycles. The zero-order valence-corrected chi connectivity index (χ0v) is 10.6. The van der Waals surface area contributed by atoms with Crippen molar-refractivity contribution in [2.24, 2.45) is 0 Å². The van der Waals surface area contributed by atoms with Crippen LogP contribution >= 0.6 is 0 Å². The number of amides is 2. The van der Waals surface area contributed by atoms with Crippen molar-refractivity contribution in [1.82, 2.24) is 5.32 Å². The molecular weight excluding hydrogens is 258 g/mol. The van der Waals surface area contributed by atoms with E-state index in [1.165, 1.54) is 24.3 Å². The van der Waals surface area contributed by atoms with Gasteiger partial charge in [0.1, 0.15) is 0 Å². The third kappa shape index (κ3) is 3.81. The number of hydrogen-bond acceptors (Lipinski definition) is 3. The minimum atomic E-state index is -0.487. The maximum absolute atomic E-state index is 11.6. The molecule has 2 aromatic carbocycles. The fraction of sp³-hybridized carbons (Fsp3) is 0.0714. The van der Waals surface area contributed by atoms with Crippen molar-refractivity contribution >= 4 is 17.4 Å². The van der Waals surface area contributed by atoms with Gasteiger partial charge >= 0.3 is 6.03 Å². The largest absolute Gasteiger partial charge is 0.334 e. The number of carbonyl (C=O) groups excluding carboxylic acids is 1. The molecule has 0 aromatic heterocycles. The number of non-ortho nitro benzene ring substituents is 1. The summed E-state index contributed by atoms with van der Waals surface area (Å²) in [5.74, 6) is 0. The second kappa shape index (κ2) is 6.33. The summed E-state index contributed by atoms with van der Waals surface area (Å²) in [7, 11) is 0. The third-order valence-electron chi connectivity index (χ3n) is 2.63. The first-order chi connectivity index (χ1) is 9.65. The van der Waals surface area contributed by atoms with Gasteiger partial charge in [-0.1, -0.05) is 30.3 Å². The lowest BCUT2D eigenvalue weighted by Crippen LogP contribution is -2.28. The molecule has 0 unspecified atom stereocenters. The summed E-state index contributed by atoms with van der Waals surface area (Å²) in [6.07, 6.45) is 0. The summed E-state index contributed by atoms with van der Waals surface area (Å²) in [5, 5.41) is 15.8. The quantitative estimate of drug-likeness (QED) is 0.662. The Balaban J connectivity index is 1.86. The highest BCUT2D eigenvalue weighted by Crippen LogP contribution is 2.15. The lowest BCUT2D eigenvalue weighted by Gasteiger charge is -2.07. The van der Waals surface area contributed by atoms with E-state index in [1.54, 1.807) is 0 Å². The number of hydrogen-bond donors (Lipinski definition) is 2. The fourth-order valence-corrected chi connectivity index (χ4v) is 1.62.